The van der Waals surface area contributed by atoms with Crippen molar-refractivity contribution in [2.24, 2.45) is 0 Å². The lowest BCUT2D eigenvalue weighted by Crippen LogP contribution is -1.82. The quantitative estimate of drug-likeness (QED) is 0.295. The fourth-order valence-electron chi connectivity index (χ4n) is 4.10. The van der Waals surface area contributed by atoms with Gasteiger partial charge in [0.25, 0.3) is 0 Å². The third-order valence-corrected chi connectivity index (χ3v) is 5.97. The van der Waals surface area contributed by atoms with E-state index in [0.29, 0.717) is 0 Å². The zero-order valence-corrected chi connectivity index (χ0v) is 15.9. The zero-order valence-electron chi connectivity index (χ0n) is 14.3. The summed E-state index contributed by atoms with van der Waals surface area (Å²) in [6.45, 7) is 0. The number of benzene rings is 4. The van der Waals surface area contributed by atoms with Crippen LogP contribution in [0.5, 0.6) is 0 Å². The van der Waals surface area contributed by atoms with Crippen molar-refractivity contribution in [3.8, 4) is 11.1 Å². The van der Waals surface area contributed by atoms with Gasteiger partial charge in [-0.2, -0.15) is 0 Å². The molecule has 0 fully saturated rings. The van der Waals surface area contributed by atoms with Crippen LogP contribution in [0.25, 0.3) is 54.9 Å². The number of aromatic nitrogens is 1. The molecule has 4 aromatic carbocycles. The third kappa shape index (κ3) is 2.06. The second-order valence-corrected chi connectivity index (χ2v) is 7.65. The highest BCUT2D eigenvalue weighted by Crippen LogP contribution is 2.42. The Morgan fingerprint density at radius 3 is 2.37 bits per heavy atom. The minimum atomic E-state index is 0.907. The Bertz CT molecular complexity index is 1490. The Labute approximate surface area is 163 Å². The smallest absolute Gasteiger partial charge is 0.144 e. The van der Waals surface area contributed by atoms with E-state index in [4.69, 9.17) is 4.42 Å². The number of fused-ring (bicyclic) bond motifs is 6. The normalized spacial score (nSPS) is 11.9. The molecule has 0 aliphatic rings. The van der Waals surface area contributed by atoms with Gasteiger partial charge in [-0.05, 0) is 24.3 Å². The Balaban J connectivity index is 1.77. The number of rotatable bonds is 1. The molecule has 0 unspecified atom stereocenters. The van der Waals surface area contributed by atoms with Gasteiger partial charge in [0, 0.05) is 42.7 Å². The van der Waals surface area contributed by atoms with Crippen molar-refractivity contribution < 1.29 is 4.42 Å². The first-order valence-electron chi connectivity index (χ1n) is 8.91. The molecular weight excluding hydrogens is 398 g/mol. The molecule has 0 radical (unpaired) electrons. The van der Waals surface area contributed by atoms with Gasteiger partial charge in [-0.15, -0.1) is 0 Å². The van der Waals surface area contributed by atoms with E-state index in [0.717, 1.165) is 48.6 Å². The Morgan fingerprint density at radius 1 is 0.667 bits per heavy atom. The minimum Gasteiger partial charge on any atom is -0.455 e. The maximum atomic E-state index is 6.30. The number of para-hydroxylation sites is 3. The van der Waals surface area contributed by atoms with Crippen molar-refractivity contribution in [1.29, 1.82) is 0 Å². The second kappa shape index (κ2) is 5.48. The average molecular weight is 412 g/mol. The summed E-state index contributed by atoms with van der Waals surface area (Å²) < 4.78 is 7.35. The monoisotopic (exact) mass is 411 g/mol. The Kier molecular flexibility index (Phi) is 3.06. The lowest BCUT2D eigenvalue weighted by atomic mass is 10.00. The van der Waals surface area contributed by atoms with E-state index in [2.05, 4.69) is 87.6 Å². The predicted octanol–water partition coefficient (Wildman–Crippen LogP) is 7.65. The fraction of sp³-hybridized carbons (Fsp3) is 0. The van der Waals surface area contributed by atoms with Crippen LogP contribution >= 0.6 is 15.9 Å². The first-order chi connectivity index (χ1) is 13.3. The van der Waals surface area contributed by atoms with E-state index in [9.17, 15) is 0 Å². The van der Waals surface area contributed by atoms with Crippen molar-refractivity contribution >= 4 is 59.7 Å². The van der Waals surface area contributed by atoms with E-state index in [-0.39, 0.29) is 0 Å². The lowest BCUT2D eigenvalue weighted by Gasteiger charge is -2.06. The SMILES string of the molecule is Brc1ccc(-c2cccc3c2[nH]c2ccccc23)c2oc3ccccc3c12. The summed E-state index contributed by atoms with van der Waals surface area (Å²) in [5.41, 5.74) is 6.36. The molecule has 1 N–H and O–H groups in total. The molecule has 6 aromatic rings. The first kappa shape index (κ1) is 15.1. The second-order valence-electron chi connectivity index (χ2n) is 6.80. The molecule has 0 amide bonds. The third-order valence-electron chi connectivity index (χ3n) is 5.31. The maximum absolute atomic E-state index is 6.30. The number of hydrogen-bond acceptors (Lipinski definition) is 1. The number of aromatic amines is 1. The van der Waals surface area contributed by atoms with Gasteiger partial charge < -0.3 is 9.40 Å². The summed E-state index contributed by atoms with van der Waals surface area (Å²) in [7, 11) is 0. The van der Waals surface area contributed by atoms with Crippen LogP contribution < -0.4 is 0 Å². The fourth-order valence-corrected chi connectivity index (χ4v) is 4.62. The topological polar surface area (TPSA) is 28.9 Å². The van der Waals surface area contributed by atoms with Crippen molar-refractivity contribution in [3.63, 3.8) is 0 Å². The highest BCUT2D eigenvalue weighted by atomic mass is 79.9. The summed E-state index contributed by atoms with van der Waals surface area (Å²) in [5.74, 6) is 0. The van der Waals surface area contributed by atoms with E-state index >= 15 is 0 Å². The molecule has 0 saturated carbocycles. The van der Waals surface area contributed by atoms with Gasteiger partial charge in [0.2, 0.25) is 0 Å². The van der Waals surface area contributed by atoms with Gasteiger partial charge in [0.15, 0.2) is 0 Å². The largest absolute Gasteiger partial charge is 0.455 e. The predicted molar refractivity (Wildman–Crippen MR) is 116 cm³/mol. The van der Waals surface area contributed by atoms with Crippen molar-refractivity contribution in [2.75, 3.05) is 0 Å². The molecule has 0 spiro atoms. The standard InChI is InChI=1S/C24H14BrNO/c25-19-13-12-17(24-22(19)18-7-2-4-11-21(18)27-24)16-9-5-8-15-14-6-1-3-10-20(14)26-23(15)16/h1-13,26H. The van der Waals surface area contributed by atoms with E-state index < -0.39 is 0 Å². The van der Waals surface area contributed by atoms with Crippen LogP contribution in [0.4, 0.5) is 0 Å². The van der Waals surface area contributed by atoms with Gasteiger partial charge in [-0.1, -0.05) is 70.5 Å². The Morgan fingerprint density at radius 2 is 1.44 bits per heavy atom. The molecule has 2 aromatic heterocycles. The number of hydrogen-bond donors (Lipinski definition) is 1. The lowest BCUT2D eigenvalue weighted by molar-refractivity contribution is 0.670. The molecular formula is C24H14BrNO. The summed E-state index contributed by atoms with van der Waals surface area (Å²) in [5, 5.41) is 4.73. The minimum absolute atomic E-state index is 0.907. The van der Waals surface area contributed by atoms with Crippen molar-refractivity contribution in [1.82, 2.24) is 4.98 Å². The van der Waals surface area contributed by atoms with E-state index in [1.807, 2.05) is 12.1 Å². The van der Waals surface area contributed by atoms with Crippen LogP contribution in [0.2, 0.25) is 0 Å². The van der Waals surface area contributed by atoms with Gasteiger partial charge in [0.05, 0.1) is 5.52 Å². The van der Waals surface area contributed by atoms with Gasteiger partial charge >= 0.3 is 0 Å². The summed E-state index contributed by atoms with van der Waals surface area (Å²) in [4.78, 5) is 3.60. The van der Waals surface area contributed by atoms with E-state index in [1.54, 1.807) is 0 Å². The molecule has 2 heterocycles. The molecule has 0 aliphatic carbocycles. The van der Waals surface area contributed by atoms with E-state index in [1.165, 1.54) is 10.8 Å². The summed E-state index contributed by atoms with van der Waals surface area (Å²) in [6.07, 6.45) is 0. The van der Waals surface area contributed by atoms with Crippen LogP contribution in [0.1, 0.15) is 0 Å². The van der Waals surface area contributed by atoms with Crippen LogP contribution in [0.3, 0.4) is 0 Å². The van der Waals surface area contributed by atoms with Gasteiger partial charge in [-0.25, -0.2) is 0 Å². The van der Waals surface area contributed by atoms with Crippen LogP contribution in [-0.4, -0.2) is 4.98 Å². The number of nitrogens with one attached hydrogen (secondary N) is 1. The molecule has 128 valence electrons. The van der Waals surface area contributed by atoms with Gasteiger partial charge in [0.1, 0.15) is 11.2 Å². The molecule has 0 saturated heterocycles. The van der Waals surface area contributed by atoms with Crippen LogP contribution in [0, 0.1) is 0 Å². The zero-order chi connectivity index (χ0) is 18.0. The molecule has 27 heavy (non-hydrogen) atoms. The maximum Gasteiger partial charge on any atom is 0.144 e. The number of halogens is 1. The summed E-state index contributed by atoms with van der Waals surface area (Å²) in [6, 6.07) is 27.3. The molecule has 3 heteroatoms. The highest BCUT2D eigenvalue weighted by molar-refractivity contribution is 9.10. The summed E-state index contributed by atoms with van der Waals surface area (Å²) >= 11 is 3.71. The van der Waals surface area contributed by atoms with Crippen LogP contribution in [-0.2, 0) is 0 Å². The van der Waals surface area contributed by atoms with Crippen molar-refractivity contribution in [3.05, 3.63) is 83.3 Å². The van der Waals surface area contributed by atoms with Gasteiger partial charge in [-0.3, -0.25) is 0 Å². The number of H-pyrrole nitrogens is 1. The number of furan rings is 1. The highest BCUT2D eigenvalue weighted by Gasteiger charge is 2.17. The molecule has 0 bridgehead atoms. The molecule has 0 aliphatic heterocycles. The molecule has 2 nitrogen and oxygen atoms in total. The Hall–Kier alpha value is -3.04. The van der Waals surface area contributed by atoms with Crippen molar-refractivity contribution in [2.45, 2.75) is 0 Å². The first-order valence-corrected chi connectivity index (χ1v) is 9.70. The van der Waals surface area contributed by atoms with Crippen LogP contribution in [0.15, 0.2) is 87.8 Å². The molecule has 0 atom stereocenters. The average Bonchev–Trinajstić information content (AvgIpc) is 3.27. The molecule has 6 rings (SSSR count).